The summed E-state index contributed by atoms with van der Waals surface area (Å²) in [7, 11) is 1.29. The van der Waals surface area contributed by atoms with E-state index in [4.69, 9.17) is 13.9 Å². The Labute approximate surface area is 162 Å². The van der Waals surface area contributed by atoms with Crippen molar-refractivity contribution in [3.8, 4) is 5.75 Å². The van der Waals surface area contributed by atoms with E-state index in [0.29, 0.717) is 11.0 Å². The van der Waals surface area contributed by atoms with E-state index in [9.17, 15) is 24.5 Å². The molecule has 148 valence electrons. The molecule has 0 bridgehead atoms. The van der Waals surface area contributed by atoms with Crippen LogP contribution in [0.3, 0.4) is 0 Å². The third-order valence-corrected chi connectivity index (χ3v) is 3.87. The topological polar surface area (TPSA) is 138 Å². The van der Waals surface area contributed by atoms with Crippen LogP contribution in [0.25, 0.3) is 11.0 Å². The molecule has 0 fully saturated rings. The van der Waals surface area contributed by atoms with Crippen molar-refractivity contribution >= 4 is 34.2 Å². The molecule has 0 radical (unpaired) electrons. The molecule has 0 unspecified atom stereocenters. The second-order valence-electron chi connectivity index (χ2n) is 5.75. The maximum Gasteiger partial charge on any atom is 0.351 e. The smallest absolute Gasteiger partial charge is 0.351 e. The summed E-state index contributed by atoms with van der Waals surface area (Å²) in [6, 6.07) is 11.6. The molecular weight excluding hydrogens is 384 g/mol. The van der Waals surface area contributed by atoms with Gasteiger partial charge >= 0.3 is 11.6 Å². The Balaban J connectivity index is 1.68. The fourth-order valence-electron chi connectivity index (χ4n) is 2.50. The lowest BCUT2D eigenvalue weighted by molar-refractivity contribution is -0.384. The maximum absolute atomic E-state index is 12.1. The summed E-state index contributed by atoms with van der Waals surface area (Å²) in [6.45, 7) is -0.689. The molecule has 0 saturated carbocycles. The van der Waals surface area contributed by atoms with E-state index in [2.05, 4.69) is 5.32 Å². The monoisotopic (exact) mass is 398 g/mol. The molecule has 10 heteroatoms. The van der Waals surface area contributed by atoms with Crippen LogP contribution in [0.5, 0.6) is 5.75 Å². The molecule has 0 aliphatic rings. The summed E-state index contributed by atoms with van der Waals surface area (Å²) in [5.74, 6) is -1.68. The standard InChI is InChI=1S/C19H14N2O8/c1-27-16-9-12(21(25)26)6-7-14(16)20-17(22)10-28-18(23)13-8-11-4-2-3-5-15(11)29-19(13)24/h2-9H,10H2,1H3,(H,20,22). The highest BCUT2D eigenvalue weighted by Crippen LogP contribution is 2.28. The van der Waals surface area contributed by atoms with E-state index >= 15 is 0 Å². The van der Waals surface area contributed by atoms with E-state index in [-0.39, 0.29) is 22.7 Å². The van der Waals surface area contributed by atoms with Crippen LogP contribution in [0.4, 0.5) is 11.4 Å². The third-order valence-electron chi connectivity index (χ3n) is 3.87. The van der Waals surface area contributed by atoms with Gasteiger partial charge in [0.15, 0.2) is 6.61 Å². The van der Waals surface area contributed by atoms with Crippen molar-refractivity contribution in [3.05, 3.63) is 74.6 Å². The number of nitrogens with zero attached hydrogens (tertiary/aromatic N) is 1. The second-order valence-corrected chi connectivity index (χ2v) is 5.75. The molecule has 1 aromatic heterocycles. The van der Waals surface area contributed by atoms with Gasteiger partial charge in [0.1, 0.15) is 16.9 Å². The summed E-state index contributed by atoms with van der Waals surface area (Å²) in [6.07, 6.45) is 0. The molecule has 0 spiro atoms. The zero-order valence-electron chi connectivity index (χ0n) is 15.0. The van der Waals surface area contributed by atoms with Gasteiger partial charge in [-0.3, -0.25) is 14.9 Å². The second kappa shape index (κ2) is 8.21. The molecule has 0 atom stereocenters. The molecule has 3 aromatic rings. The van der Waals surface area contributed by atoms with Crippen LogP contribution in [-0.2, 0) is 9.53 Å². The molecule has 10 nitrogen and oxygen atoms in total. The number of esters is 1. The van der Waals surface area contributed by atoms with Crippen molar-refractivity contribution in [1.29, 1.82) is 0 Å². The number of nitro groups is 1. The predicted molar refractivity (Wildman–Crippen MR) is 101 cm³/mol. The molecule has 2 aromatic carbocycles. The van der Waals surface area contributed by atoms with Gasteiger partial charge in [-0.2, -0.15) is 0 Å². The predicted octanol–water partition coefficient (Wildman–Crippen LogP) is 2.51. The Morgan fingerprint density at radius 3 is 2.66 bits per heavy atom. The number of methoxy groups -OCH3 is 1. The number of carbonyl (C=O) groups excluding carboxylic acids is 2. The molecule has 29 heavy (non-hydrogen) atoms. The molecule has 1 amide bonds. The van der Waals surface area contributed by atoms with Crippen LogP contribution in [0.1, 0.15) is 10.4 Å². The van der Waals surface area contributed by atoms with E-state index in [1.807, 2.05) is 0 Å². The van der Waals surface area contributed by atoms with E-state index in [1.54, 1.807) is 24.3 Å². The first kappa shape index (κ1) is 19.5. The Morgan fingerprint density at radius 1 is 1.17 bits per heavy atom. The number of non-ortho nitro benzene ring substituents is 1. The van der Waals surface area contributed by atoms with Gasteiger partial charge in [-0.15, -0.1) is 0 Å². The van der Waals surface area contributed by atoms with Gasteiger partial charge in [0, 0.05) is 11.5 Å². The first-order valence-electron chi connectivity index (χ1n) is 8.21. The number of amides is 1. The van der Waals surface area contributed by atoms with Crippen molar-refractivity contribution in [2.75, 3.05) is 19.0 Å². The Kier molecular flexibility index (Phi) is 5.54. The fourth-order valence-corrected chi connectivity index (χ4v) is 2.50. The van der Waals surface area contributed by atoms with E-state index in [0.717, 1.165) is 6.07 Å². The zero-order chi connectivity index (χ0) is 21.0. The van der Waals surface area contributed by atoms with Crippen molar-refractivity contribution in [2.24, 2.45) is 0 Å². The molecular formula is C19H14N2O8. The van der Waals surface area contributed by atoms with Crippen molar-refractivity contribution in [1.82, 2.24) is 0 Å². The number of ether oxygens (including phenoxy) is 2. The van der Waals surface area contributed by atoms with Crippen molar-refractivity contribution in [2.45, 2.75) is 0 Å². The summed E-state index contributed by atoms with van der Waals surface area (Å²) in [4.78, 5) is 46.3. The number of fused-ring (bicyclic) bond motifs is 1. The molecule has 3 rings (SSSR count). The van der Waals surface area contributed by atoms with Crippen LogP contribution in [0.2, 0.25) is 0 Å². The van der Waals surface area contributed by atoms with Gasteiger partial charge in [0.25, 0.3) is 11.6 Å². The molecule has 0 aliphatic heterocycles. The highest BCUT2D eigenvalue weighted by Gasteiger charge is 2.18. The van der Waals surface area contributed by atoms with Gasteiger partial charge in [0.05, 0.1) is 23.8 Å². The third kappa shape index (κ3) is 4.38. The number of anilines is 1. The normalized spacial score (nSPS) is 10.4. The summed E-state index contributed by atoms with van der Waals surface area (Å²) in [5, 5.41) is 13.7. The first-order chi connectivity index (χ1) is 13.9. The minimum atomic E-state index is -1.02. The maximum atomic E-state index is 12.1. The minimum absolute atomic E-state index is 0.0639. The summed E-state index contributed by atoms with van der Waals surface area (Å²) < 4.78 is 14.9. The van der Waals surface area contributed by atoms with Crippen LogP contribution in [-0.4, -0.2) is 30.5 Å². The number of hydrogen-bond donors (Lipinski definition) is 1. The lowest BCUT2D eigenvalue weighted by atomic mass is 10.2. The SMILES string of the molecule is COc1cc([N+](=O)[O-])ccc1NC(=O)COC(=O)c1cc2ccccc2oc1=O. The number of hydrogen-bond acceptors (Lipinski definition) is 8. The fraction of sp³-hybridized carbons (Fsp3) is 0.105. The number of rotatable bonds is 6. The summed E-state index contributed by atoms with van der Waals surface area (Å²) >= 11 is 0. The van der Waals surface area contributed by atoms with Crippen LogP contribution in [0, 0.1) is 10.1 Å². The van der Waals surface area contributed by atoms with Crippen LogP contribution in [0.15, 0.2) is 57.7 Å². The van der Waals surface area contributed by atoms with Crippen molar-refractivity contribution < 1.29 is 28.4 Å². The Hall–Kier alpha value is -4.21. The average molecular weight is 398 g/mol. The molecule has 0 saturated heterocycles. The molecule has 1 N–H and O–H groups in total. The van der Waals surface area contributed by atoms with Crippen LogP contribution < -0.4 is 15.7 Å². The van der Waals surface area contributed by atoms with Gasteiger partial charge in [0.2, 0.25) is 0 Å². The average Bonchev–Trinajstić information content (AvgIpc) is 2.71. The Bertz CT molecular complexity index is 1170. The van der Waals surface area contributed by atoms with E-state index in [1.165, 1.54) is 25.3 Å². The van der Waals surface area contributed by atoms with Gasteiger partial charge < -0.3 is 19.2 Å². The van der Waals surface area contributed by atoms with Gasteiger partial charge in [-0.1, -0.05) is 18.2 Å². The molecule has 0 aliphatic carbocycles. The van der Waals surface area contributed by atoms with Crippen LogP contribution >= 0.6 is 0 Å². The number of nitrogens with one attached hydrogen (secondary N) is 1. The quantitative estimate of drug-likeness (QED) is 0.289. The summed E-state index contributed by atoms with van der Waals surface area (Å²) in [5.41, 5.74) is -0.966. The lowest BCUT2D eigenvalue weighted by Gasteiger charge is -2.10. The minimum Gasteiger partial charge on any atom is -0.494 e. The Morgan fingerprint density at radius 2 is 1.93 bits per heavy atom. The van der Waals surface area contributed by atoms with Gasteiger partial charge in [-0.05, 0) is 18.2 Å². The number of carbonyl (C=O) groups is 2. The number of benzene rings is 2. The van der Waals surface area contributed by atoms with Gasteiger partial charge in [-0.25, -0.2) is 9.59 Å². The van der Waals surface area contributed by atoms with Crippen molar-refractivity contribution in [3.63, 3.8) is 0 Å². The highest BCUT2D eigenvalue weighted by atomic mass is 16.6. The highest BCUT2D eigenvalue weighted by molar-refractivity contribution is 5.97. The zero-order valence-corrected chi connectivity index (χ0v) is 15.0. The molecule has 1 heterocycles. The number of nitro benzene ring substituents is 1. The van der Waals surface area contributed by atoms with E-state index < -0.39 is 29.0 Å². The number of para-hydroxylation sites is 1. The lowest BCUT2D eigenvalue weighted by Crippen LogP contribution is -2.23. The largest absolute Gasteiger partial charge is 0.494 e. The first-order valence-corrected chi connectivity index (χ1v) is 8.21.